The van der Waals surface area contributed by atoms with Gasteiger partial charge in [0.05, 0.1) is 34.5 Å². The standard InChI is InChI=1S/C19H15Cl2N3O3S/c1-10(25)23-15-4-3-11(5-17(15)28-2)16(26)8-24-9-22-18-13(19(24)27)6-12(20)7-14(18)21/h3-7,9H,8H2,1-2H3,(H,23,25). The lowest BCUT2D eigenvalue weighted by Gasteiger charge is -2.11. The van der Waals surface area contributed by atoms with Crippen LogP contribution < -0.4 is 10.9 Å². The second kappa shape index (κ2) is 8.34. The molecule has 0 unspecified atom stereocenters. The highest BCUT2D eigenvalue weighted by atomic mass is 35.5. The third-order valence-electron chi connectivity index (χ3n) is 3.99. The second-order valence-electron chi connectivity index (χ2n) is 5.98. The first-order valence-electron chi connectivity index (χ1n) is 8.13. The van der Waals surface area contributed by atoms with Crippen molar-refractivity contribution in [1.29, 1.82) is 0 Å². The number of carbonyl (C=O) groups is 2. The van der Waals surface area contributed by atoms with Gasteiger partial charge in [-0.2, -0.15) is 0 Å². The Kier molecular flexibility index (Phi) is 6.07. The van der Waals surface area contributed by atoms with E-state index < -0.39 is 5.56 Å². The van der Waals surface area contributed by atoms with Crippen molar-refractivity contribution < 1.29 is 9.59 Å². The zero-order valence-electron chi connectivity index (χ0n) is 15.0. The molecule has 28 heavy (non-hydrogen) atoms. The molecule has 1 N–H and O–H groups in total. The van der Waals surface area contributed by atoms with Gasteiger partial charge in [0.15, 0.2) is 5.78 Å². The van der Waals surface area contributed by atoms with Crippen LogP contribution in [0.2, 0.25) is 10.0 Å². The van der Waals surface area contributed by atoms with Crippen LogP contribution in [0.3, 0.4) is 0 Å². The number of hydrogen-bond donors (Lipinski definition) is 1. The maximum atomic E-state index is 12.7. The summed E-state index contributed by atoms with van der Waals surface area (Å²) in [5, 5.41) is 3.56. The molecule has 0 aliphatic heterocycles. The molecule has 2 aromatic carbocycles. The fraction of sp³-hybridized carbons (Fsp3) is 0.158. The van der Waals surface area contributed by atoms with Crippen LogP contribution in [0.25, 0.3) is 10.9 Å². The number of thioether (sulfide) groups is 1. The number of aromatic nitrogens is 2. The number of amides is 1. The number of fused-ring (bicyclic) bond motifs is 1. The number of rotatable bonds is 5. The Morgan fingerprint density at radius 1 is 1.21 bits per heavy atom. The van der Waals surface area contributed by atoms with Crippen molar-refractivity contribution in [1.82, 2.24) is 9.55 Å². The smallest absolute Gasteiger partial charge is 0.261 e. The summed E-state index contributed by atoms with van der Waals surface area (Å²) in [6, 6.07) is 7.95. The van der Waals surface area contributed by atoms with Gasteiger partial charge in [-0.1, -0.05) is 23.2 Å². The van der Waals surface area contributed by atoms with Crippen LogP contribution in [0.1, 0.15) is 17.3 Å². The van der Waals surface area contributed by atoms with Crippen LogP contribution in [-0.4, -0.2) is 27.5 Å². The van der Waals surface area contributed by atoms with Gasteiger partial charge in [0.1, 0.15) is 0 Å². The summed E-state index contributed by atoms with van der Waals surface area (Å²) >= 11 is 13.5. The second-order valence-corrected chi connectivity index (χ2v) is 7.67. The van der Waals surface area contributed by atoms with E-state index in [-0.39, 0.29) is 28.6 Å². The van der Waals surface area contributed by atoms with Crippen LogP contribution in [0.5, 0.6) is 0 Å². The van der Waals surface area contributed by atoms with Gasteiger partial charge in [0.2, 0.25) is 5.91 Å². The van der Waals surface area contributed by atoms with Crippen LogP contribution in [0.15, 0.2) is 46.3 Å². The fourth-order valence-corrected chi connectivity index (χ4v) is 3.84. The van der Waals surface area contributed by atoms with Crippen LogP contribution in [0.4, 0.5) is 5.69 Å². The number of nitrogens with one attached hydrogen (secondary N) is 1. The first-order chi connectivity index (χ1) is 13.3. The molecule has 0 atom stereocenters. The predicted molar refractivity (Wildman–Crippen MR) is 113 cm³/mol. The molecule has 0 saturated carbocycles. The average Bonchev–Trinajstić information content (AvgIpc) is 2.64. The van der Waals surface area contributed by atoms with Crippen molar-refractivity contribution in [3.05, 3.63) is 62.6 Å². The van der Waals surface area contributed by atoms with E-state index in [1.54, 1.807) is 18.2 Å². The van der Waals surface area contributed by atoms with Gasteiger partial charge in [0, 0.05) is 22.4 Å². The number of carbonyl (C=O) groups excluding carboxylic acids is 2. The van der Waals surface area contributed by atoms with Crippen LogP contribution in [-0.2, 0) is 11.3 Å². The molecule has 0 fully saturated rings. The fourth-order valence-electron chi connectivity index (χ4n) is 2.71. The number of nitrogens with zero attached hydrogens (tertiary/aromatic N) is 2. The number of benzene rings is 2. The highest BCUT2D eigenvalue weighted by Crippen LogP contribution is 2.27. The molecular formula is C19H15Cl2N3O3S. The van der Waals surface area contributed by atoms with E-state index in [4.69, 9.17) is 23.2 Å². The van der Waals surface area contributed by atoms with Crippen molar-refractivity contribution in [2.75, 3.05) is 11.6 Å². The monoisotopic (exact) mass is 435 g/mol. The van der Waals surface area contributed by atoms with Gasteiger partial charge in [-0.25, -0.2) is 4.98 Å². The Morgan fingerprint density at radius 3 is 2.64 bits per heavy atom. The van der Waals surface area contributed by atoms with Crippen molar-refractivity contribution in [2.45, 2.75) is 18.4 Å². The molecule has 1 amide bonds. The summed E-state index contributed by atoms with van der Waals surface area (Å²) < 4.78 is 1.22. The van der Waals surface area contributed by atoms with E-state index in [0.29, 0.717) is 21.8 Å². The number of anilines is 1. The highest BCUT2D eigenvalue weighted by molar-refractivity contribution is 7.98. The number of hydrogen-bond acceptors (Lipinski definition) is 5. The molecule has 1 aromatic heterocycles. The summed E-state index contributed by atoms with van der Waals surface area (Å²) in [4.78, 5) is 41.6. The predicted octanol–water partition coefficient (Wildman–Crippen LogP) is 4.27. The van der Waals surface area contributed by atoms with Crippen molar-refractivity contribution in [3.63, 3.8) is 0 Å². The van der Waals surface area contributed by atoms with Crippen molar-refractivity contribution in [3.8, 4) is 0 Å². The van der Waals surface area contributed by atoms with Gasteiger partial charge in [-0.15, -0.1) is 11.8 Å². The summed E-state index contributed by atoms with van der Waals surface area (Å²) in [7, 11) is 0. The summed E-state index contributed by atoms with van der Waals surface area (Å²) in [6.45, 7) is 1.24. The maximum absolute atomic E-state index is 12.7. The zero-order valence-corrected chi connectivity index (χ0v) is 17.3. The largest absolute Gasteiger partial charge is 0.325 e. The summed E-state index contributed by atoms with van der Waals surface area (Å²) in [5.41, 5.74) is 0.992. The molecule has 0 spiro atoms. The molecule has 3 aromatic rings. The van der Waals surface area contributed by atoms with E-state index in [1.165, 1.54) is 41.7 Å². The van der Waals surface area contributed by atoms with Crippen LogP contribution >= 0.6 is 35.0 Å². The summed E-state index contributed by atoms with van der Waals surface area (Å²) in [6.07, 6.45) is 3.14. The number of halogens is 2. The topological polar surface area (TPSA) is 81.1 Å². The lowest BCUT2D eigenvalue weighted by atomic mass is 10.1. The normalized spacial score (nSPS) is 10.9. The Hall–Kier alpha value is -2.35. The first-order valence-corrected chi connectivity index (χ1v) is 10.1. The SMILES string of the molecule is CSc1cc(C(=O)Cn2cnc3c(Cl)cc(Cl)cc3c2=O)ccc1NC(C)=O. The van der Waals surface area contributed by atoms with E-state index in [9.17, 15) is 14.4 Å². The minimum absolute atomic E-state index is 0.181. The molecule has 0 aliphatic carbocycles. The van der Waals surface area contributed by atoms with Gasteiger partial charge < -0.3 is 5.32 Å². The van der Waals surface area contributed by atoms with Gasteiger partial charge in [-0.05, 0) is 36.6 Å². The van der Waals surface area contributed by atoms with E-state index in [1.807, 2.05) is 6.26 Å². The van der Waals surface area contributed by atoms with Gasteiger partial charge in [-0.3, -0.25) is 19.0 Å². The third kappa shape index (κ3) is 4.22. The quantitative estimate of drug-likeness (QED) is 0.477. The molecule has 1 heterocycles. The molecule has 0 saturated heterocycles. The first kappa shape index (κ1) is 20.4. The maximum Gasteiger partial charge on any atom is 0.261 e. The van der Waals surface area contributed by atoms with Crippen molar-refractivity contribution in [2.24, 2.45) is 0 Å². The third-order valence-corrected chi connectivity index (χ3v) is 5.28. The molecule has 0 radical (unpaired) electrons. The Morgan fingerprint density at radius 2 is 1.96 bits per heavy atom. The molecular weight excluding hydrogens is 421 g/mol. The van der Waals surface area contributed by atoms with Crippen molar-refractivity contribution >= 4 is 63.2 Å². The lowest BCUT2D eigenvalue weighted by molar-refractivity contribution is -0.114. The van der Waals surface area contributed by atoms with Gasteiger partial charge >= 0.3 is 0 Å². The Balaban J connectivity index is 1.94. The molecule has 0 aliphatic rings. The van der Waals surface area contributed by atoms with E-state index in [0.717, 1.165) is 4.90 Å². The molecule has 9 heteroatoms. The minimum Gasteiger partial charge on any atom is -0.325 e. The molecule has 144 valence electrons. The molecule has 0 bridgehead atoms. The van der Waals surface area contributed by atoms with E-state index >= 15 is 0 Å². The van der Waals surface area contributed by atoms with E-state index in [2.05, 4.69) is 10.3 Å². The average molecular weight is 436 g/mol. The number of ketones is 1. The summed E-state index contributed by atoms with van der Waals surface area (Å²) in [5.74, 6) is -0.457. The highest BCUT2D eigenvalue weighted by Gasteiger charge is 2.14. The molecule has 6 nitrogen and oxygen atoms in total. The molecule has 3 rings (SSSR count). The van der Waals surface area contributed by atoms with Crippen LogP contribution in [0, 0.1) is 0 Å². The van der Waals surface area contributed by atoms with Gasteiger partial charge in [0.25, 0.3) is 5.56 Å². The Bertz CT molecular complexity index is 1160. The zero-order chi connectivity index (χ0) is 20.4. The Labute approximate surface area is 174 Å². The lowest BCUT2D eigenvalue weighted by Crippen LogP contribution is -2.24. The minimum atomic E-state index is -0.400. The number of Topliss-reactive ketones (excluding diaryl/α,β-unsaturated/α-hetero) is 1.